The molecule has 0 saturated carbocycles. The molecular formula is C23H23N3O4S. The van der Waals surface area contributed by atoms with E-state index >= 15 is 0 Å². The van der Waals surface area contributed by atoms with E-state index in [0.717, 1.165) is 26.7 Å². The van der Waals surface area contributed by atoms with Crippen LogP contribution in [-0.2, 0) is 0 Å². The van der Waals surface area contributed by atoms with Crippen molar-refractivity contribution in [3.8, 4) is 22.4 Å². The summed E-state index contributed by atoms with van der Waals surface area (Å²) in [4.78, 5) is 17.6. The minimum atomic E-state index is -0.237. The van der Waals surface area contributed by atoms with Crippen molar-refractivity contribution in [3.05, 3.63) is 59.4 Å². The zero-order valence-electron chi connectivity index (χ0n) is 18.0. The molecule has 7 nitrogen and oxygen atoms in total. The van der Waals surface area contributed by atoms with Gasteiger partial charge in [0.15, 0.2) is 16.6 Å². The van der Waals surface area contributed by atoms with Crippen LogP contribution in [0.15, 0.2) is 42.5 Å². The zero-order chi connectivity index (χ0) is 22.1. The van der Waals surface area contributed by atoms with Crippen molar-refractivity contribution in [1.29, 1.82) is 0 Å². The lowest BCUT2D eigenvalue weighted by Crippen LogP contribution is -2.12. The quantitative estimate of drug-likeness (QED) is 0.460. The lowest BCUT2D eigenvalue weighted by Gasteiger charge is -2.14. The van der Waals surface area contributed by atoms with Crippen molar-refractivity contribution in [3.63, 3.8) is 0 Å². The maximum absolute atomic E-state index is 12.9. The first-order valence-electron chi connectivity index (χ1n) is 9.62. The molecule has 2 heterocycles. The van der Waals surface area contributed by atoms with Crippen LogP contribution in [0.1, 0.15) is 21.7 Å². The highest BCUT2D eigenvalue weighted by Crippen LogP contribution is 2.40. The number of nitrogens with one attached hydrogen (secondary N) is 1. The molecule has 2 aromatic carbocycles. The molecule has 0 fully saturated rings. The topological polar surface area (TPSA) is 74.6 Å². The second-order valence-electron chi connectivity index (χ2n) is 7.00. The normalized spacial score (nSPS) is 10.9. The number of nitrogens with zero attached hydrogens (tertiary/aromatic N) is 2. The van der Waals surface area contributed by atoms with E-state index in [-0.39, 0.29) is 5.91 Å². The number of amides is 1. The van der Waals surface area contributed by atoms with E-state index in [2.05, 4.69) is 35.9 Å². The van der Waals surface area contributed by atoms with Crippen LogP contribution < -0.4 is 19.5 Å². The summed E-state index contributed by atoms with van der Waals surface area (Å²) in [6, 6.07) is 13.0. The molecule has 0 bridgehead atoms. The Morgan fingerprint density at radius 3 is 2.16 bits per heavy atom. The third kappa shape index (κ3) is 3.82. The van der Waals surface area contributed by atoms with Crippen molar-refractivity contribution >= 4 is 33.1 Å². The number of ether oxygens (including phenoxy) is 3. The number of methoxy groups -OCH3 is 3. The second kappa shape index (κ2) is 8.31. The number of fused-ring (bicyclic) bond motifs is 1. The van der Waals surface area contributed by atoms with Crippen molar-refractivity contribution in [1.82, 2.24) is 9.55 Å². The molecule has 0 aliphatic rings. The van der Waals surface area contributed by atoms with E-state index in [9.17, 15) is 4.79 Å². The highest BCUT2D eigenvalue weighted by molar-refractivity contribution is 7.20. The van der Waals surface area contributed by atoms with Crippen molar-refractivity contribution in [2.24, 2.45) is 0 Å². The number of hydrogen-bond donors (Lipinski definition) is 1. The van der Waals surface area contributed by atoms with E-state index in [0.29, 0.717) is 28.5 Å². The number of anilines is 1. The van der Waals surface area contributed by atoms with Gasteiger partial charge in [0.25, 0.3) is 5.91 Å². The molecule has 0 atom stereocenters. The van der Waals surface area contributed by atoms with Gasteiger partial charge >= 0.3 is 0 Å². The van der Waals surface area contributed by atoms with Crippen LogP contribution in [-0.4, -0.2) is 36.8 Å². The molecule has 160 valence electrons. The lowest BCUT2D eigenvalue weighted by molar-refractivity contribution is 0.102. The SMILES string of the molecule is COc1cc(NC(=O)c2ccc3nc(-n4c(C)ccc4C)sc3c2)cc(OC)c1OC. The van der Waals surface area contributed by atoms with Crippen LogP contribution in [0.2, 0.25) is 0 Å². The third-order valence-corrected chi connectivity index (χ3v) is 6.03. The molecule has 0 unspecified atom stereocenters. The number of thiazole rings is 1. The van der Waals surface area contributed by atoms with Gasteiger partial charge in [-0.3, -0.25) is 9.36 Å². The Bertz CT molecular complexity index is 1230. The maximum Gasteiger partial charge on any atom is 0.255 e. The molecule has 4 aromatic rings. The second-order valence-corrected chi connectivity index (χ2v) is 8.01. The first-order chi connectivity index (χ1) is 14.9. The van der Waals surface area contributed by atoms with Crippen LogP contribution in [0, 0.1) is 13.8 Å². The molecule has 4 rings (SSSR count). The minimum Gasteiger partial charge on any atom is -0.493 e. The standard InChI is InChI=1S/C23H23N3O4S/c1-13-6-7-14(2)26(13)23-25-17-9-8-15(10-20(17)31-23)22(27)24-16-11-18(28-3)21(30-5)19(12-16)29-4/h6-12H,1-5H3,(H,24,27). The van der Waals surface area contributed by atoms with Crippen LogP contribution in [0.5, 0.6) is 17.2 Å². The van der Waals surface area contributed by atoms with Gasteiger partial charge in [0.2, 0.25) is 5.75 Å². The monoisotopic (exact) mass is 437 g/mol. The summed E-state index contributed by atoms with van der Waals surface area (Å²) < 4.78 is 19.1. The van der Waals surface area contributed by atoms with E-state index in [1.807, 2.05) is 12.1 Å². The molecule has 0 aliphatic carbocycles. The molecule has 31 heavy (non-hydrogen) atoms. The fraction of sp³-hybridized carbons (Fsp3) is 0.217. The summed E-state index contributed by atoms with van der Waals surface area (Å²) in [7, 11) is 4.60. The highest BCUT2D eigenvalue weighted by atomic mass is 32.1. The largest absolute Gasteiger partial charge is 0.493 e. The average molecular weight is 438 g/mol. The summed E-state index contributed by atoms with van der Waals surface area (Å²) in [6.45, 7) is 4.10. The maximum atomic E-state index is 12.9. The number of carbonyl (C=O) groups excluding carboxylic acids is 1. The summed E-state index contributed by atoms with van der Waals surface area (Å²) in [6.07, 6.45) is 0. The van der Waals surface area contributed by atoms with Gasteiger partial charge in [0.05, 0.1) is 31.5 Å². The first-order valence-corrected chi connectivity index (χ1v) is 10.4. The Balaban J connectivity index is 1.64. The van der Waals surface area contributed by atoms with Gasteiger partial charge in [-0.1, -0.05) is 11.3 Å². The predicted octanol–water partition coefficient (Wildman–Crippen LogP) is 4.98. The van der Waals surface area contributed by atoms with Gasteiger partial charge in [-0.05, 0) is 44.2 Å². The van der Waals surface area contributed by atoms with E-state index in [1.165, 1.54) is 21.3 Å². The van der Waals surface area contributed by atoms with Gasteiger partial charge in [0, 0.05) is 34.8 Å². The van der Waals surface area contributed by atoms with Crippen molar-refractivity contribution < 1.29 is 19.0 Å². The molecule has 1 amide bonds. The Labute approximate surface area is 184 Å². The average Bonchev–Trinajstić information content (AvgIpc) is 3.34. The fourth-order valence-electron chi connectivity index (χ4n) is 3.48. The molecule has 0 saturated heterocycles. The van der Waals surface area contributed by atoms with Crippen molar-refractivity contribution in [2.45, 2.75) is 13.8 Å². The Kier molecular flexibility index (Phi) is 5.56. The first kappa shape index (κ1) is 20.7. The zero-order valence-corrected chi connectivity index (χ0v) is 18.8. The van der Waals surface area contributed by atoms with Gasteiger partial charge in [-0.2, -0.15) is 0 Å². The Morgan fingerprint density at radius 1 is 0.935 bits per heavy atom. The number of aromatic nitrogens is 2. The molecular weight excluding hydrogens is 414 g/mol. The molecule has 8 heteroatoms. The fourth-order valence-corrected chi connectivity index (χ4v) is 4.60. The number of benzene rings is 2. The van der Waals surface area contributed by atoms with Gasteiger partial charge in [0.1, 0.15) is 0 Å². The number of rotatable bonds is 6. The van der Waals surface area contributed by atoms with E-state index in [4.69, 9.17) is 19.2 Å². The summed E-state index contributed by atoms with van der Waals surface area (Å²) in [5.41, 5.74) is 4.19. The minimum absolute atomic E-state index is 0.237. The Hall–Kier alpha value is -3.52. The molecule has 0 aliphatic heterocycles. The van der Waals surface area contributed by atoms with Gasteiger partial charge < -0.3 is 19.5 Å². The van der Waals surface area contributed by atoms with Gasteiger partial charge in [-0.15, -0.1) is 0 Å². The third-order valence-electron chi connectivity index (χ3n) is 5.02. The number of carbonyl (C=O) groups is 1. The van der Waals surface area contributed by atoms with Crippen LogP contribution in [0.3, 0.4) is 0 Å². The van der Waals surface area contributed by atoms with Crippen LogP contribution in [0.25, 0.3) is 15.3 Å². The molecule has 1 N–H and O–H groups in total. The summed E-state index contributed by atoms with van der Waals surface area (Å²) >= 11 is 1.55. The van der Waals surface area contributed by atoms with Crippen LogP contribution in [0.4, 0.5) is 5.69 Å². The Morgan fingerprint density at radius 2 is 1.58 bits per heavy atom. The van der Waals surface area contributed by atoms with E-state index < -0.39 is 0 Å². The molecule has 0 radical (unpaired) electrons. The van der Waals surface area contributed by atoms with Gasteiger partial charge in [-0.25, -0.2) is 4.98 Å². The van der Waals surface area contributed by atoms with Crippen molar-refractivity contribution in [2.75, 3.05) is 26.6 Å². The summed E-state index contributed by atoms with van der Waals surface area (Å²) in [5.74, 6) is 1.17. The number of hydrogen-bond acceptors (Lipinski definition) is 6. The summed E-state index contributed by atoms with van der Waals surface area (Å²) in [5, 5.41) is 3.79. The lowest BCUT2D eigenvalue weighted by atomic mass is 10.2. The smallest absolute Gasteiger partial charge is 0.255 e. The predicted molar refractivity (Wildman–Crippen MR) is 122 cm³/mol. The number of aryl methyl sites for hydroxylation is 2. The highest BCUT2D eigenvalue weighted by Gasteiger charge is 2.16. The molecule has 0 spiro atoms. The van der Waals surface area contributed by atoms with E-state index in [1.54, 1.807) is 29.5 Å². The van der Waals surface area contributed by atoms with Crippen LogP contribution >= 0.6 is 11.3 Å². The molecule has 2 aromatic heterocycles.